The van der Waals surface area contributed by atoms with Crippen molar-refractivity contribution in [2.24, 2.45) is 0 Å². The quantitative estimate of drug-likeness (QED) is 0.0572. The van der Waals surface area contributed by atoms with Gasteiger partial charge in [-0.1, -0.05) is 95.4 Å². The van der Waals surface area contributed by atoms with Gasteiger partial charge in [-0.15, -0.1) is 11.3 Å². The number of rotatable bonds is 23. The summed E-state index contributed by atoms with van der Waals surface area (Å²) in [6, 6.07) is 20.6. The van der Waals surface area contributed by atoms with Gasteiger partial charge >= 0.3 is 5.97 Å². The maximum Gasteiger partial charge on any atom is 0.312 e. The summed E-state index contributed by atoms with van der Waals surface area (Å²) in [6.45, 7) is 8.77. The molecule has 1 aliphatic rings. The summed E-state index contributed by atoms with van der Waals surface area (Å²) in [5.74, 6) is 0.188. The van der Waals surface area contributed by atoms with Crippen LogP contribution in [0.25, 0.3) is 21.0 Å². The summed E-state index contributed by atoms with van der Waals surface area (Å²) in [4.78, 5) is 22.1. The first kappa shape index (κ1) is 37.3. The van der Waals surface area contributed by atoms with Crippen molar-refractivity contribution in [2.75, 3.05) is 44.2 Å². The van der Waals surface area contributed by atoms with Crippen LogP contribution in [0.1, 0.15) is 110 Å². The van der Waals surface area contributed by atoms with Crippen LogP contribution < -0.4 is 9.64 Å². The lowest BCUT2D eigenvalue weighted by molar-refractivity contribution is -0.134. The molecule has 1 unspecified atom stereocenters. The summed E-state index contributed by atoms with van der Waals surface area (Å²) >= 11 is 1.83. The summed E-state index contributed by atoms with van der Waals surface area (Å²) in [5.41, 5.74) is 2.24. The van der Waals surface area contributed by atoms with Gasteiger partial charge in [-0.3, -0.25) is 9.69 Å². The summed E-state index contributed by atoms with van der Waals surface area (Å²) < 4.78 is 13.4. The van der Waals surface area contributed by atoms with Crippen molar-refractivity contribution in [1.29, 1.82) is 0 Å². The molecule has 4 aromatic rings. The second-order valence-corrected chi connectivity index (χ2v) is 14.8. The van der Waals surface area contributed by atoms with Gasteiger partial charge in [0.2, 0.25) is 5.88 Å². The van der Waals surface area contributed by atoms with Crippen molar-refractivity contribution in [1.82, 2.24) is 9.88 Å². The SMILES string of the molecule is CCCCCCCCCCC(CCCCCC(=O)Oc1ccc2ccccc2n1)OCCCCN1CCN(c2cccc3sccc23)CC1. The average Bonchev–Trinajstić information content (AvgIpc) is 3.62. The number of aromatic nitrogens is 1. The normalized spacial score (nSPS) is 14.5. The molecule has 3 heterocycles. The maximum absolute atomic E-state index is 12.5. The van der Waals surface area contributed by atoms with Gasteiger partial charge in [0.05, 0.1) is 11.6 Å². The smallest absolute Gasteiger partial charge is 0.312 e. The average molecular weight is 686 g/mol. The Morgan fingerprint density at radius 1 is 0.776 bits per heavy atom. The van der Waals surface area contributed by atoms with E-state index in [2.05, 4.69) is 51.4 Å². The van der Waals surface area contributed by atoms with Crippen molar-refractivity contribution in [3.8, 4) is 5.88 Å². The van der Waals surface area contributed by atoms with Gasteiger partial charge in [0.25, 0.3) is 0 Å². The molecule has 1 atom stereocenters. The summed E-state index contributed by atoms with van der Waals surface area (Å²) in [6.07, 6.45) is 19.0. The molecule has 266 valence electrons. The van der Waals surface area contributed by atoms with Crippen molar-refractivity contribution in [3.63, 3.8) is 0 Å². The lowest BCUT2D eigenvalue weighted by Gasteiger charge is -2.36. The Bertz CT molecular complexity index is 1520. The largest absolute Gasteiger partial charge is 0.407 e. The molecule has 0 bridgehead atoms. The Hall–Kier alpha value is -3.00. The number of ether oxygens (including phenoxy) is 2. The third-order valence-corrected chi connectivity index (χ3v) is 10.9. The highest BCUT2D eigenvalue weighted by atomic mass is 32.1. The van der Waals surface area contributed by atoms with E-state index in [0.29, 0.717) is 18.4 Å². The Kier molecular flexibility index (Phi) is 16.2. The van der Waals surface area contributed by atoms with Crippen molar-refractivity contribution >= 4 is 44.0 Å². The fraction of sp³-hybridized carbons (Fsp3) is 0.571. The summed E-state index contributed by atoms with van der Waals surface area (Å²) in [5, 5.41) is 4.65. The van der Waals surface area contributed by atoms with Crippen LogP contribution in [0.4, 0.5) is 5.69 Å². The molecule has 5 rings (SSSR count). The van der Waals surface area contributed by atoms with Crippen LogP contribution in [-0.4, -0.2) is 61.3 Å². The minimum atomic E-state index is -0.198. The summed E-state index contributed by atoms with van der Waals surface area (Å²) in [7, 11) is 0. The van der Waals surface area contributed by atoms with Crippen LogP contribution in [0.3, 0.4) is 0 Å². The zero-order valence-electron chi connectivity index (χ0n) is 30.0. The molecular weight excluding hydrogens is 627 g/mol. The number of esters is 1. The standard InChI is InChI=1S/C42H59N3O3S/c1-2-3-4-5-6-7-8-10-19-36(20-11-9-12-24-42(46)48-41-26-25-35-18-13-14-21-38(35)43-41)47-33-16-15-28-44-29-31-45(32-30-44)39-22-17-23-40-37(39)27-34-49-40/h13-14,17-18,21-23,25-27,34,36H,2-12,15-16,19-20,24,28-33H2,1H3. The van der Waals surface area contributed by atoms with Crippen LogP contribution in [0, 0.1) is 0 Å². The Morgan fingerprint density at radius 3 is 2.35 bits per heavy atom. The first-order valence-corrected chi connectivity index (χ1v) is 20.2. The number of thiophene rings is 1. The zero-order chi connectivity index (χ0) is 33.9. The molecule has 1 aliphatic heterocycles. The second kappa shape index (κ2) is 21.3. The monoisotopic (exact) mass is 685 g/mol. The van der Waals surface area contributed by atoms with Crippen molar-refractivity contribution in [3.05, 3.63) is 66.0 Å². The topological polar surface area (TPSA) is 54.9 Å². The third-order valence-electron chi connectivity index (χ3n) is 9.99. The number of hydrogen-bond donors (Lipinski definition) is 0. The van der Waals surface area contributed by atoms with Crippen LogP contribution >= 0.6 is 11.3 Å². The van der Waals surface area contributed by atoms with E-state index >= 15 is 0 Å². The predicted molar refractivity (Wildman–Crippen MR) is 207 cm³/mol. The minimum Gasteiger partial charge on any atom is -0.407 e. The third kappa shape index (κ3) is 12.7. The van der Waals surface area contributed by atoms with E-state index in [-0.39, 0.29) is 5.97 Å². The molecule has 2 aromatic carbocycles. The van der Waals surface area contributed by atoms with E-state index < -0.39 is 0 Å². The number of piperazine rings is 1. The molecule has 0 amide bonds. The van der Waals surface area contributed by atoms with E-state index in [4.69, 9.17) is 9.47 Å². The molecule has 49 heavy (non-hydrogen) atoms. The van der Waals surface area contributed by atoms with E-state index in [1.165, 1.54) is 73.6 Å². The van der Waals surface area contributed by atoms with E-state index in [1.54, 1.807) is 6.07 Å². The lowest BCUT2D eigenvalue weighted by Crippen LogP contribution is -2.46. The molecule has 0 N–H and O–H groups in total. The highest BCUT2D eigenvalue weighted by Crippen LogP contribution is 2.31. The predicted octanol–water partition coefficient (Wildman–Crippen LogP) is 10.8. The Labute approximate surface area is 299 Å². The highest BCUT2D eigenvalue weighted by Gasteiger charge is 2.19. The van der Waals surface area contributed by atoms with Crippen LogP contribution in [0.15, 0.2) is 66.0 Å². The van der Waals surface area contributed by atoms with Gasteiger partial charge in [0.15, 0.2) is 0 Å². The van der Waals surface area contributed by atoms with Gasteiger partial charge in [-0.25, -0.2) is 4.98 Å². The fourth-order valence-electron chi connectivity index (χ4n) is 7.06. The molecule has 0 spiro atoms. The van der Waals surface area contributed by atoms with Gasteiger partial charge in [-0.05, 0) is 74.4 Å². The number of unbranched alkanes of at least 4 members (excludes halogenated alkanes) is 10. The highest BCUT2D eigenvalue weighted by molar-refractivity contribution is 7.17. The fourth-order valence-corrected chi connectivity index (χ4v) is 7.87. The minimum absolute atomic E-state index is 0.198. The number of fused-ring (bicyclic) bond motifs is 2. The number of benzene rings is 2. The van der Waals surface area contributed by atoms with Gasteiger partial charge < -0.3 is 14.4 Å². The number of nitrogens with zero attached hydrogens (tertiary/aromatic N) is 3. The first-order chi connectivity index (χ1) is 24.2. The number of hydrogen-bond acceptors (Lipinski definition) is 7. The molecular formula is C42H59N3O3S. The van der Waals surface area contributed by atoms with Gasteiger partial charge in [0.1, 0.15) is 0 Å². The molecule has 0 aliphatic carbocycles. The van der Waals surface area contributed by atoms with E-state index in [9.17, 15) is 4.79 Å². The molecule has 0 saturated carbocycles. The lowest BCUT2D eigenvalue weighted by atomic mass is 10.0. The number of anilines is 1. The Morgan fingerprint density at radius 2 is 1.53 bits per heavy atom. The molecule has 7 heteroatoms. The maximum atomic E-state index is 12.5. The zero-order valence-corrected chi connectivity index (χ0v) is 30.8. The molecule has 1 fully saturated rings. The van der Waals surface area contributed by atoms with Crippen LogP contribution in [0.5, 0.6) is 5.88 Å². The number of carbonyl (C=O) groups is 1. The van der Waals surface area contributed by atoms with Crippen LogP contribution in [-0.2, 0) is 9.53 Å². The van der Waals surface area contributed by atoms with Crippen LogP contribution in [0.2, 0.25) is 0 Å². The number of para-hydroxylation sites is 1. The van der Waals surface area contributed by atoms with E-state index in [0.717, 1.165) is 88.8 Å². The van der Waals surface area contributed by atoms with Gasteiger partial charge in [0, 0.05) is 66.4 Å². The first-order valence-electron chi connectivity index (χ1n) is 19.3. The molecule has 6 nitrogen and oxygen atoms in total. The molecule has 2 aromatic heterocycles. The molecule has 0 radical (unpaired) electrons. The molecule has 1 saturated heterocycles. The van der Waals surface area contributed by atoms with Gasteiger partial charge in [-0.2, -0.15) is 0 Å². The van der Waals surface area contributed by atoms with Crippen molar-refractivity contribution in [2.45, 2.75) is 116 Å². The Balaban J connectivity index is 0.957. The number of carbonyl (C=O) groups excluding carboxylic acids is 1. The van der Waals surface area contributed by atoms with E-state index in [1.807, 2.05) is 41.7 Å². The number of pyridine rings is 1. The second-order valence-electron chi connectivity index (χ2n) is 13.8. The van der Waals surface area contributed by atoms with Crippen molar-refractivity contribution < 1.29 is 14.3 Å².